The predicted molar refractivity (Wildman–Crippen MR) is 86.1 cm³/mol. The maximum Gasteiger partial charge on any atom is 0.0459 e. The Morgan fingerprint density at radius 3 is 2.30 bits per heavy atom. The van der Waals surface area contributed by atoms with Crippen LogP contribution in [0.2, 0.25) is 5.02 Å². The van der Waals surface area contributed by atoms with E-state index in [9.17, 15) is 0 Å². The van der Waals surface area contributed by atoms with Crippen molar-refractivity contribution in [2.75, 3.05) is 0 Å². The molecule has 2 aromatic rings. The Balaban J connectivity index is 1.99. The van der Waals surface area contributed by atoms with E-state index in [1.54, 1.807) is 0 Å². The standard InChI is InChI=1S/C18H20ClN/c1-12(20)17-9-8-16(11-18(17)19)15-7-6-13-4-2-3-5-14(13)10-15/h6-12H,2-5,20H2,1H3. The van der Waals surface area contributed by atoms with Gasteiger partial charge in [-0.2, -0.15) is 0 Å². The van der Waals surface area contributed by atoms with E-state index in [4.69, 9.17) is 17.3 Å². The minimum absolute atomic E-state index is 0.0277. The minimum atomic E-state index is -0.0277. The van der Waals surface area contributed by atoms with Crippen molar-refractivity contribution in [3.63, 3.8) is 0 Å². The number of halogens is 1. The normalized spacial score (nSPS) is 15.8. The van der Waals surface area contributed by atoms with Gasteiger partial charge in [-0.25, -0.2) is 0 Å². The molecule has 0 saturated heterocycles. The molecule has 0 heterocycles. The van der Waals surface area contributed by atoms with Gasteiger partial charge in [-0.3, -0.25) is 0 Å². The van der Waals surface area contributed by atoms with Crippen LogP contribution < -0.4 is 5.73 Å². The number of aryl methyl sites for hydroxylation is 2. The Morgan fingerprint density at radius 2 is 1.60 bits per heavy atom. The lowest BCUT2D eigenvalue weighted by Crippen LogP contribution is -2.05. The minimum Gasteiger partial charge on any atom is -0.324 e. The second-order valence-corrected chi connectivity index (χ2v) is 6.12. The van der Waals surface area contributed by atoms with Crippen LogP contribution in [-0.2, 0) is 12.8 Å². The average molecular weight is 286 g/mol. The highest BCUT2D eigenvalue weighted by Crippen LogP contribution is 2.31. The van der Waals surface area contributed by atoms with Gasteiger partial charge in [-0.15, -0.1) is 0 Å². The number of benzene rings is 2. The predicted octanol–water partition coefficient (Wildman–Crippen LogP) is 4.91. The van der Waals surface area contributed by atoms with Gasteiger partial charge in [0.2, 0.25) is 0 Å². The van der Waals surface area contributed by atoms with Gasteiger partial charge in [-0.05, 0) is 66.5 Å². The molecule has 0 aromatic heterocycles. The molecule has 0 aliphatic heterocycles. The Hall–Kier alpha value is -1.31. The van der Waals surface area contributed by atoms with Crippen molar-refractivity contribution in [2.24, 2.45) is 5.73 Å². The Bertz CT molecular complexity index is 631. The molecule has 2 aromatic carbocycles. The van der Waals surface area contributed by atoms with E-state index in [1.165, 1.54) is 47.9 Å². The third-order valence-corrected chi connectivity index (χ3v) is 4.50. The summed E-state index contributed by atoms with van der Waals surface area (Å²) in [6, 6.07) is 13.0. The number of nitrogens with two attached hydrogens (primary N) is 1. The lowest BCUT2D eigenvalue weighted by molar-refractivity contribution is 0.686. The molecule has 104 valence electrons. The Labute approximate surface area is 125 Å². The molecule has 2 heteroatoms. The van der Waals surface area contributed by atoms with Gasteiger partial charge in [0.1, 0.15) is 0 Å². The van der Waals surface area contributed by atoms with Crippen molar-refractivity contribution in [1.82, 2.24) is 0 Å². The van der Waals surface area contributed by atoms with E-state index in [0.717, 1.165) is 10.6 Å². The van der Waals surface area contributed by atoms with Crippen LogP contribution in [-0.4, -0.2) is 0 Å². The van der Waals surface area contributed by atoms with Crippen LogP contribution in [0.25, 0.3) is 11.1 Å². The molecular formula is C18H20ClN. The third-order valence-electron chi connectivity index (χ3n) is 4.17. The maximum absolute atomic E-state index is 6.34. The molecule has 1 unspecified atom stereocenters. The Morgan fingerprint density at radius 1 is 0.950 bits per heavy atom. The maximum atomic E-state index is 6.34. The van der Waals surface area contributed by atoms with Crippen molar-refractivity contribution in [3.05, 3.63) is 58.1 Å². The zero-order chi connectivity index (χ0) is 14.1. The lowest BCUT2D eigenvalue weighted by Gasteiger charge is -2.17. The van der Waals surface area contributed by atoms with Crippen molar-refractivity contribution in [2.45, 2.75) is 38.6 Å². The number of rotatable bonds is 2. The summed E-state index contributed by atoms with van der Waals surface area (Å²) in [4.78, 5) is 0. The Kier molecular flexibility index (Phi) is 3.82. The smallest absolute Gasteiger partial charge is 0.0459 e. The van der Waals surface area contributed by atoms with Crippen LogP contribution in [0.3, 0.4) is 0 Å². The summed E-state index contributed by atoms with van der Waals surface area (Å²) in [5, 5.41) is 0.759. The highest BCUT2D eigenvalue weighted by molar-refractivity contribution is 6.31. The van der Waals surface area contributed by atoms with Crippen molar-refractivity contribution in [1.29, 1.82) is 0 Å². The highest BCUT2D eigenvalue weighted by Gasteiger charge is 2.11. The molecule has 1 aliphatic rings. The van der Waals surface area contributed by atoms with Gasteiger partial charge in [-0.1, -0.05) is 41.9 Å². The molecular weight excluding hydrogens is 266 g/mol. The summed E-state index contributed by atoms with van der Waals surface area (Å²) in [6.45, 7) is 1.96. The molecule has 0 fully saturated rings. The number of hydrogen-bond donors (Lipinski definition) is 1. The molecule has 0 saturated carbocycles. The molecule has 0 spiro atoms. The van der Waals surface area contributed by atoms with Gasteiger partial charge in [0.15, 0.2) is 0 Å². The van der Waals surface area contributed by atoms with E-state index in [-0.39, 0.29) is 6.04 Å². The first-order chi connectivity index (χ1) is 9.65. The van der Waals surface area contributed by atoms with Crippen molar-refractivity contribution in [3.8, 4) is 11.1 Å². The van der Waals surface area contributed by atoms with E-state index in [1.807, 2.05) is 19.1 Å². The van der Waals surface area contributed by atoms with Gasteiger partial charge in [0, 0.05) is 11.1 Å². The second kappa shape index (κ2) is 5.59. The molecule has 0 bridgehead atoms. The van der Waals surface area contributed by atoms with Gasteiger partial charge in [0.25, 0.3) is 0 Å². The largest absolute Gasteiger partial charge is 0.324 e. The van der Waals surface area contributed by atoms with Crippen molar-refractivity contribution < 1.29 is 0 Å². The van der Waals surface area contributed by atoms with E-state index in [2.05, 4.69) is 24.3 Å². The zero-order valence-corrected chi connectivity index (χ0v) is 12.6. The van der Waals surface area contributed by atoms with E-state index >= 15 is 0 Å². The first-order valence-electron chi connectivity index (χ1n) is 7.32. The zero-order valence-electron chi connectivity index (χ0n) is 11.8. The quantitative estimate of drug-likeness (QED) is 0.834. The summed E-state index contributed by atoms with van der Waals surface area (Å²) < 4.78 is 0. The molecule has 0 radical (unpaired) electrons. The van der Waals surface area contributed by atoms with Crippen LogP contribution in [0.15, 0.2) is 36.4 Å². The summed E-state index contributed by atoms with van der Waals surface area (Å²) in [6.07, 6.45) is 5.05. The fourth-order valence-corrected chi connectivity index (χ4v) is 3.34. The summed E-state index contributed by atoms with van der Waals surface area (Å²) >= 11 is 6.34. The fraction of sp³-hybridized carbons (Fsp3) is 0.333. The van der Waals surface area contributed by atoms with Gasteiger partial charge in [0.05, 0.1) is 0 Å². The topological polar surface area (TPSA) is 26.0 Å². The SMILES string of the molecule is CC(N)c1ccc(-c2ccc3c(c2)CCCC3)cc1Cl. The van der Waals surface area contributed by atoms with Crippen LogP contribution >= 0.6 is 11.6 Å². The first-order valence-corrected chi connectivity index (χ1v) is 7.70. The molecule has 3 rings (SSSR count). The van der Waals surface area contributed by atoms with Crippen LogP contribution in [0.5, 0.6) is 0 Å². The molecule has 1 aliphatic carbocycles. The number of fused-ring (bicyclic) bond motifs is 1. The molecule has 1 atom stereocenters. The van der Waals surface area contributed by atoms with Gasteiger partial charge >= 0.3 is 0 Å². The van der Waals surface area contributed by atoms with E-state index < -0.39 is 0 Å². The van der Waals surface area contributed by atoms with E-state index in [0.29, 0.717) is 0 Å². The second-order valence-electron chi connectivity index (χ2n) is 5.72. The summed E-state index contributed by atoms with van der Waals surface area (Å²) in [7, 11) is 0. The van der Waals surface area contributed by atoms with Crippen LogP contribution in [0, 0.1) is 0 Å². The fourth-order valence-electron chi connectivity index (χ4n) is 2.99. The lowest BCUT2D eigenvalue weighted by atomic mass is 9.89. The molecule has 1 nitrogen and oxygen atoms in total. The third kappa shape index (κ3) is 2.61. The highest BCUT2D eigenvalue weighted by atomic mass is 35.5. The summed E-state index contributed by atoms with van der Waals surface area (Å²) in [5.74, 6) is 0. The van der Waals surface area contributed by atoms with Crippen LogP contribution in [0.1, 0.15) is 42.5 Å². The summed E-state index contributed by atoms with van der Waals surface area (Å²) in [5.41, 5.74) is 12.4. The number of hydrogen-bond acceptors (Lipinski definition) is 1. The molecule has 0 amide bonds. The first kappa shape index (κ1) is 13.7. The monoisotopic (exact) mass is 285 g/mol. The molecule has 20 heavy (non-hydrogen) atoms. The molecule has 2 N–H and O–H groups in total. The van der Waals surface area contributed by atoms with Crippen molar-refractivity contribution >= 4 is 11.6 Å². The van der Waals surface area contributed by atoms with Crippen LogP contribution in [0.4, 0.5) is 0 Å². The average Bonchev–Trinajstić information content (AvgIpc) is 2.46. The van der Waals surface area contributed by atoms with Gasteiger partial charge < -0.3 is 5.73 Å².